The fourth-order valence-corrected chi connectivity index (χ4v) is 0.811. The van der Waals surface area contributed by atoms with Crippen molar-refractivity contribution in [3.05, 3.63) is 23.6 Å². The lowest BCUT2D eigenvalue weighted by atomic mass is 10.3. The molecule has 7 heteroatoms. The smallest absolute Gasteiger partial charge is 0.422 e. The molecular weight excluding hydrogens is 218 g/mol. The number of rotatable bonds is 3. The van der Waals surface area contributed by atoms with Gasteiger partial charge in [0.25, 0.3) is 0 Å². The van der Waals surface area contributed by atoms with Gasteiger partial charge in [0.05, 0.1) is 6.61 Å². The maximum Gasteiger partial charge on any atom is 0.422 e. The minimum absolute atomic E-state index is 0.352. The minimum atomic E-state index is -4.48. The van der Waals surface area contributed by atoms with Crippen LogP contribution in [0.5, 0.6) is 5.88 Å². The zero-order valence-corrected chi connectivity index (χ0v) is 7.38. The second-order valence-electron chi connectivity index (χ2n) is 2.64. The van der Waals surface area contributed by atoms with Crippen LogP contribution in [0.2, 0.25) is 0 Å². The van der Waals surface area contributed by atoms with E-state index < -0.39 is 25.2 Å². The van der Waals surface area contributed by atoms with Crippen LogP contribution in [-0.2, 0) is 6.61 Å². The number of aliphatic hydroxyl groups is 1. The highest BCUT2D eigenvalue weighted by molar-refractivity contribution is 5.17. The zero-order chi connectivity index (χ0) is 11.5. The van der Waals surface area contributed by atoms with Crippen LogP contribution in [-0.4, -0.2) is 22.9 Å². The number of halogens is 4. The molecule has 0 aliphatic rings. The lowest BCUT2D eigenvalue weighted by Gasteiger charge is -2.08. The van der Waals surface area contributed by atoms with Gasteiger partial charge in [-0.25, -0.2) is 9.37 Å². The summed E-state index contributed by atoms with van der Waals surface area (Å²) < 4.78 is 52.2. The fourth-order valence-electron chi connectivity index (χ4n) is 0.811. The van der Waals surface area contributed by atoms with Gasteiger partial charge in [-0.05, 0) is 6.07 Å². The molecule has 84 valence electrons. The Morgan fingerprint density at radius 3 is 2.53 bits per heavy atom. The maximum atomic E-state index is 12.7. The average Bonchev–Trinajstić information content (AvgIpc) is 2.15. The van der Waals surface area contributed by atoms with Crippen molar-refractivity contribution >= 4 is 0 Å². The Bertz CT molecular complexity index is 340. The molecule has 0 aliphatic carbocycles. The van der Waals surface area contributed by atoms with E-state index in [4.69, 9.17) is 5.11 Å². The van der Waals surface area contributed by atoms with E-state index in [1.807, 2.05) is 0 Å². The van der Waals surface area contributed by atoms with E-state index in [0.29, 0.717) is 0 Å². The topological polar surface area (TPSA) is 42.4 Å². The lowest BCUT2D eigenvalue weighted by molar-refractivity contribution is -0.154. The van der Waals surface area contributed by atoms with E-state index in [0.717, 1.165) is 12.1 Å². The Hall–Kier alpha value is -1.37. The molecule has 1 heterocycles. The lowest BCUT2D eigenvalue weighted by Crippen LogP contribution is -2.19. The zero-order valence-electron chi connectivity index (χ0n) is 7.38. The van der Waals surface area contributed by atoms with Crippen LogP contribution in [0.15, 0.2) is 12.1 Å². The standard InChI is InChI=1S/C8H7F4NO2/c9-5-1-2-7(13-6(5)3-14)15-4-8(10,11)12/h1-2,14H,3-4H2. The molecule has 15 heavy (non-hydrogen) atoms. The third kappa shape index (κ3) is 3.70. The number of nitrogens with zero attached hydrogens (tertiary/aromatic N) is 1. The molecule has 0 saturated heterocycles. The summed E-state index contributed by atoms with van der Waals surface area (Å²) in [6, 6.07) is 1.84. The second-order valence-corrected chi connectivity index (χ2v) is 2.64. The number of pyridine rings is 1. The van der Waals surface area contributed by atoms with Crippen molar-refractivity contribution in [1.82, 2.24) is 4.98 Å². The number of hydrogen-bond donors (Lipinski definition) is 1. The van der Waals surface area contributed by atoms with Gasteiger partial charge in [-0.1, -0.05) is 0 Å². The van der Waals surface area contributed by atoms with Crippen molar-refractivity contribution in [3.8, 4) is 5.88 Å². The van der Waals surface area contributed by atoms with E-state index in [2.05, 4.69) is 9.72 Å². The van der Waals surface area contributed by atoms with E-state index in [9.17, 15) is 17.6 Å². The molecule has 0 unspecified atom stereocenters. The highest BCUT2D eigenvalue weighted by Crippen LogP contribution is 2.18. The van der Waals surface area contributed by atoms with Crippen molar-refractivity contribution in [2.75, 3.05) is 6.61 Å². The Labute approximate surface area is 82.3 Å². The molecule has 1 aromatic rings. The molecule has 1 aromatic heterocycles. The largest absolute Gasteiger partial charge is 0.468 e. The first-order valence-corrected chi connectivity index (χ1v) is 3.88. The molecular formula is C8H7F4NO2. The number of alkyl halides is 3. The van der Waals surface area contributed by atoms with Gasteiger partial charge in [-0.2, -0.15) is 13.2 Å². The summed E-state index contributed by atoms with van der Waals surface area (Å²) in [5.41, 5.74) is -0.352. The van der Waals surface area contributed by atoms with Gasteiger partial charge in [-0.15, -0.1) is 0 Å². The van der Waals surface area contributed by atoms with Crippen molar-refractivity contribution in [2.45, 2.75) is 12.8 Å². The number of hydrogen-bond acceptors (Lipinski definition) is 3. The summed E-state index contributed by atoms with van der Waals surface area (Å²) in [7, 11) is 0. The van der Waals surface area contributed by atoms with Crippen LogP contribution < -0.4 is 4.74 Å². The van der Waals surface area contributed by atoms with Gasteiger partial charge in [0, 0.05) is 6.07 Å². The quantitative estimate of drug-likeness (QED) is 0.795. The molecule has 0 radical (unpaired) electrons. The summed E-state index contributed by atoms with van der Waals surface area (Å²) in [4.78, 5) is 3.35. The predicted molar refractivity (Wildman–Crippen MR) is 41.7 cm³/mol. The number of aromatic nitrogens is 1. The van der Waals surface area contributed by atoms with E-state index in [-0.39, 0.29) is 11.6 Å². The van der Waals surface area contributed by atoms with Crippen LogP contribution in [0.1, 0.15) is 5.69 Å². The molecule has 0 fully saturated rings. The highest BCUT2D eigenvalue weighted by Gasteiger charge is 2.28. The second kappa shape index (κ2) is 4.43. The van der Waals surface area contributed by atoms with Gasteiger partial charge in [-0.3, -0.25) is 0 Å². The van der Waals surface area contributed by atoms with Crippen LogP contribution in [0.25, 0.3) is 0 Å². The fraction of sp³-hybridized carbons (Fsp3) is 0.375. The van der Waals surface area contributed by atoms with Crippen LogP contribution >= 0.6 is 0 Å². The van der Waals surface area contributed by atoms with Crippen LogP contribution in [0.3, 0.4) is 0 Å². The normalized spacial score (nSPS) is 11.5. The monoisotopic (exact) mass is 225 g/mol. The number of aliphatic hydroxyl groups excluding tert-OH is 1. The first-order valence-electron chi connectivity index (χ1n) is 3.88. The Morgan fingerprint density at radius 1 is 1.33 bits per heavy atom. The molecule has 0 aliphatic heterocycles. The van der Waals surface area contributed by atoms with Gasteiger partial charge in [0.1, 0.15) is 11.5 Å². The van der Waals surface area contributed by atoms with E-state index in [1.165, 1.54) is 0 Å². The molecule has 0 aromatic carbocycles. The Kier molecular flexibility index (Phi) is 3.46. The molecule has 0 saturated carbocycles. The summed E-state index contributed by atoms with van der Waals surface area (Å²) in [6.45, 7) is -2.20. The minimum Gasteiger partial charge on any atom is -0.468 e. The van der Waals surface area contributed by atoms with Crippen molar-refractivity contribution in [3.63, 3.8) is 0 Å². The van der Waals surface area contributed by atoms with E-state index in [1.54, 1.807) is 0 Å². The van der Waals surface area contributed by atoms with Crippen LogP contribution in [0, 0.1) is 5.82 Å². The van der Waals surface area contributed by atoms with E-state index >= 15 is 0 Å². The van der Waals surface area contributed by atoms with Gasteiger partial charge < -0.3 is 9.84 Å². The Morgan fingerprint density at radius 2 is 2.00 bits per heavy atom. The summed E-state index contributed by atoms with van der Waals surface area (Å²) in [6.07, 6.45) is -4.48. The molecule has 1 N–H and O–H groups in total. The predicted octanol–water partition coefficient (Wildman–Crippen LogP) is 1.65. The molecule has 0 atom stereocenters. The average molecular weight is 225 g/mol. The van der Waals surface area contributed by atoms with Crippen molar-refractivity contribution in [1.29, 1.82) is 0 Å². The molecule has 0 bridgehead atoms. The first-order chi connectivity index (χ1) is 6.92. The maximum absolute atomic E-state index is 12.7. The SMILES string of the molecule is OCc1nc(OCC(F)(F)F)ccc1F. The van der Waals surface area contributed by atoms with Crippen molar-refractivity contribution < 1.29 is 27.4 Å². The van der Waals surface area contributed by atoms with Gasteiger partial charge in [0.2, 0.25) is 5.88 Å². The third-order valence-corrected chi connectivity index (χ3v) is 1.43. The first kappa shape index (κ1) is 11.7. The Balaban J connectivity index is 2.70. The van der Waals surface area contributed by atoms with Gasteiger partial charge >= 0.3 is 6.18 Å². The summed E-state index contributed by atoms with van der Waals surface area (Å²) in [5.74, 6) is -1.17. The highest BCUT2D eigenvalue weighted by atomic mass is 19.4. The molecule has 0 spiro atoms. The van der Waals surface area contributed by atoms with Crippen LogP contribution in [0.4, 0.5) is 17.6 Å². The molecule has 1 rings (SSSR count). The number of ether oxygens (including phenoxy) is 1. The van der Waals surface area contributed by atoms with Crippen molar-refractivity contribution in [2.24, 2.45) is 0 Å². The summed E-state index contributed by atoms with van der Waals surface area (Å²) in [5, 5.41) is 8.59. The van der Waals surface area contributed by atoms with Gasteiger partial charge in [0.15, 0.2) is 6.61 Å². The summed E-state index contributed by atoms with van der Waals surface area (Å²) >= 11 is 0. The molecule has 0 amide bonds. The molecule has 3 nitrogen and oxygen atoms in total. The third-order valence-electron chi connectivity index (χ3n) is 1.43.